The molecule has 1 fully saturated rings. The number of amides is 1. The standard InChI is InChI=1S/C14H20N2O5S2/c1-2-7-15-23(20,21)13-5-3-4-11(9-13)14(17)16-12-6-8-22(18,19)10-12/h3-5,9,12,15H,2,6-8,10H2,1H3,(H,16,17). The minimum atomic E-state index is -3.65. The van der Waals surface area contributed by atoms with E-state index < -0.39 is 31.8 Å². The Labute approximate surface area is 136 Å². The highest BCUT2D eigenvalue weighted by Crippen LogP contribution is 2.14. The van der Waals surface area contributed by atoms with Gasteiger partial charge in [-0.2, -0.15) is 0 Å². The molecule has 1 amide bonds. The quantitative estimate of drug-likeness (QED) is 0.758. The van der Waals surface area contributed by atoms with Crippen molar-refractivity contribution in [3.63, 3.8) is 0 Å². The summed E-state index contributed by atoms with van der Waals surface area (Å²) in [6.07, 6.45) is 1.04. The molecule has 1 aromatic carbocycles. The fraction of sp³-hybridized carbons (Fsp3) is 0.500. The zero-order chi connectivity index (χ0) is 17.1. The number of hydrogen-bond acceptors (Lipinski definition) is 5. The van der Waals surface area contributed by atoms with Crippen LogP contribution >= 0.6 is 0 Å². The smallest absolute Gasteiger partial charge is 0.251 e. The van der Waals surface area contributed by atoms with Crippen molar-refractivity contribution in [2.75, 3.05) is 18.1 Å². The number of hydrogen-bond donors (Lipinski definition) is 2. The Hall–Kier alpha value is -1.45. The second kappa shape index (κ2) is 6.98. The van der Waals surface area contributed by atoms with Gasteiger partial charge < -0.3 is 5.32 Å². The highest BCUT2D eigenvalue weighted by atomic mass is 32.2. The van der Waals surface area contributed by atoms with E-state index in [0.29, 0.717) is 19.4 Å². The molecule has 9 heteroatoms. The number of benzene rings is 1. The fourth-order valence-electron chi connectivity index (χ4n) is 2.30. The molecule has 0 aromatic heterocycles. The SMILES string of the molecule is CCCNS(=O)(=O)c1cccc(C(=O)NC2CCS(=O)(=O)C2)c1. The maximum absolute atomic E-state index is 12.2. The molecule has 0 spiro atoms. The van der Waals surface area contributed by atoms with Crippen LogP contribution in [0.5, 0.6) is 0 Å². The van der Waals surface area contributed by atoms with Crippen molar-refractivity contribution in [3.8, 4) is 0 Å². The van der Waals surface area contributed by atoms with Gasteiger partial charge in [-0.1, -0.05) is 13.0 Å². The van der Waals surface area contributed by atoms with Crippen molar-refractivity contribution in [1.82, 2.24) is 10.0 Å². The molecule has 128 valence electrons. The second-order valence-electron chi connectivity index (χ2n) is 5.50. The van der Waals surface area contributed by atoms with E-state index in [9.17, 15) is 21.6 Å². The molecule has 23 heavy (non-hydrogen) atoms. The van der Waals surface area contributed by atoms with Gasteiger partial charge in [-0.25, -0.2) is 21.6 Å². The minimum Gasteiger partial charge on any atom is -0.348 e. The lowest BCUT2D eigenvalue weighted by atomic mass is 10.2. The molecule has 1 saturated heterocycles. The molecular weight excluding hydrogens is 340 g/mol. The number of sulfone groups is 1. The molecule has 1 aliphatic heterocycles. The average Bonchev–Trinajstić information content (AvgIpc) is 2.84. The van der Waals surface area contributed by atoms with Crippen molar-refractivity contribution in [2.24, 2.45) is 0 Å². The number of rotatable bonds is 6. The van der Waals surface area contributed by atoms with Crippen molar-refractivity contribution >= 4 is 25.8 Å². The Bertz CT molecular complexity index is 787. The Kier molecular flexibility index (Phi) is 5.43. The van der Waals surface area contributed by atoms with Gasteiger partial charge in [0.15, 0.2) is 9.84 Å². The second-order valence-corrected chi connectivity index (χ2v) is 9.49. The van der Waals surface area contributed by atoms with Crippen LogP contribution in [-0.2, 0) is 19.9 Å². The summed E-state index contributed by atoms with van der Waals surface area (Å²) in [5, 5.41) is 2.64. The van der Waals surface area contributed by atoms with Crippen LogP contribution in [0.15, 0.2) is 29.2 Å². The molecule has 0 bridgehead atoms. The maximum atomic E-state index is 12.2. The van der Waals surface area contributed by atoms with E-state index in [-0.39, 0.29) is 22.0 Å². The Morgan fingerprint density at radius 1 is 1.35 bits per heavy atom. The Morgan fingerprint density at radius 3 is 2.70 bits per heavy atom. The first-order valence-corrected chi connectivity index (χ1v) is 10.6. The van der Waals surface area contributed by atoms with Gasteiger partial charge in [-0.05, 0) is 31.0 Å². The first kappa shape index (κ1) is 17.9. The third-order valence-corrected chi connectivity index (χ3v) is 6.74. The molecule has 1 atom stereocenters. The molecule has 0 radical (unpaired) electrons. The van der Waals surface area contributed by atoms with E-state index in [1.165, 1.54) is 24.3 Å². The molecule has 1 aliphatic rings. The summed E-state index contributed by atoms with van der Waals surface area (Å²) in [6.45, 7) is 2.17. The lowest BCUT2D eigenvalue weighted by molar-refractivity contribution is 0.0941. The van der Waals surface area contributed by atoms with Gasteiger partial charge in [0.2, 0.25) is 10.0 Å². The highest BCUT2D eigenvalue weighted by molar-refractivity contribution is 7.91. The van der Waals surface area contributed by atoms with E-state index in [4.69, 9.17) is 0 Å². The summed E-state index contributed by atoms with van der Waals surface area (Å²) in [6, 6.07) is 5.26. The Morgan fingerprint density at radius 2 is 2.09 bits per heavy atom. The van der Waals surface area contributed by atoms with E-state index in [2.05, 4.69) is 10.0 Å². The van der Waals surface area contributed by atoms with Crippen LogP contribution < -0.4 is 10.0 Å². The Balaban J connectivity index is 2.12. The number of carbonyl (C=O) groups is 1. The minimum absolute atomic E-state index is 0.0117. The summed E-state index contributed by atoms with van der Waals surface area (Å²) in [5.41, 5.74) is 0.189. The lowest BCUT2D eigenvalue weighted by Gasteiger charge is -2.12. The zero-order valence-corrected chi connectivity index (χ0v) is 14.4. The van der Waals surface area contributed by atoms with Gasteiger partial charge in [0.25, 0.3) is 5.91 Å². The van der Waals surface area contributed by atoms with Gasteiger partial charge in [0.1, 0.15) is 0 Å². The maximum Gasteiger partial charge on any atom is 0.251 e. The normalized spacial score (nSPS) is 20.3. The van der Waals surface area contributed by atoms with Gasteiger partial charge in [0, 0.05) is 18.2 Å². The molecule has 1 aromatic rings. The van der Waals surface area contributed by atoms with Crippen LogP contribution in [0.25, 0.3) is 0 Å². The summed E-state index contributed by atoms with van der Waals surface area (Å²) < 4.78 is 49.4. The van der Waals surface area contributed by atoms with E-state index in [1.807, 2.05) is 6.92 Å². The predicted molar refractivity (Wildman–Crippen MR) is 86.4 cm³/mol. The largest absolute Gasteiger partial charge is 0.348 e. The van der Waals surface area contributed by atoms with Gasteiger partial charge in [-0.15, -0.1) is 0 Å². The highest BCUT2D eigenvalue weighted by Gasteiger charge is 2.29. The molecule has 1 unspecified atom stereocenters. The van der Waals surface area contributed by atoms with Crippen molar-refractivity contribution in [3.05, 3.63) is 29.8 Å². The molecular formula is C14H20N2O5S2. The molecule has 2 N–H and O–H groups in total. The zero-order valence-electron chi connectivity index (χ0n) is 12.8. The van der Waals surface area contributed by atoms with Crippen molar-refractivity contribution in [2.45, 2.75) is 30.7 Å². The number of sulfonamides is 1. The number of carbonyl (C=O) groups excluding carboxylic acids is 1. The van der Waals surface area contributed by atoms with E-state index in [1.54, 1.807) is 0 Å². The van der Waals surface area contributed by atoms with Crippen LogP contribution in [0.4, 0.5) is 0 Å². The van der Waals surface area contributed by atoms with Crippen molar-refractivity contribution < 1.29 is 21.6 Å². The van der Waals surface area contributed by atoms with Gasteiger partial charge in [0.05, 0.1) is 16.4 Å². The first-order valence-electron chi connectivity index (χ1n) is 7.34. The first-order chi connectivity index (χ1) is 10.7. The molecule has 1 heterocycles. The summed E-state index contributed by atoms with van der Waals surface area (Å²) in [4.78, 5) is 12.2. The van der Waals surface area contributed by atoms with Crippen LogP contribution in [0, 0.1) is 0 Å². The topological polar surface area (TPSA) is 109 Å². The molecule has 2 rings (SSSR count). The number of nitrogens with one attached hydrogen (secondary N) is 2. The summed E-state index contributed by atoms with van der Waals surface area (Å²) in [7, 11) is -6.74. The van der Waals surface area contributed by atoms with Crippen molar-refractivity contribution in [1.29, 1.82) is 0 Å². The molecule has 0 aliphatic carbocycles. The van der Waals surface area contributed by atoms with E-state index in [0.717, 1.165) is 0 Å². The third-order valence-electron chi connectivity index (χ3n) is 3.52. The van der Waals surface area contributed by atoms with Crippen LogP contribution in [-0.4, -0.2) is 46.8 Å². The fourth-order valence-corrected chi connectivity index (χ4v) is 5.15. The van der Waals surface area contributed by atoms with Crippen LogP contribution in [0.3, 0.4) is 0 Å². The van der Waals surface area contributed by atoms with Gasteiger partial charge >= 0.3 is 0 Å². The van der Waals surface area contributed by atoms with E-state index >= 15 is 0 Å². The average molecular weight is 360 g/mol. The lowest BCUT2D eigenvalue weighted by Crippen LogP contribution is -2.35. The van der Waals surface area contributed by atoms with Crippen LogP contribution in [0.1, 0.15) is 30.1 Å². The third kappa shape index (κ3) is 4.76. The predicted octanol–water partition coefficient (Wildman–Crippen LogP) is 0.292. The van der Waals surface area contributed by atoms with Gasteiger partial charge in [-0.3, -0.25) is 4.79 Å². The molecule has 0 saturated carbocycles. The van der Waals surface area contributed by atoms with Crippen LogP contribution in [0.2, 0.25) is 0 Å². The summed E-state index contributed by atoms with van der Waals surface area (Å²) in [5.74, 6) is -0.484. The summed E-state index contributed by atoms with van der Waals surface area (Å²) >= 11 is 0. The molecule has 7 nitrogen and oxygen atoms in total. The monoisotopic (exact) mass is 360 g/mol.